The Bertz CT molecular complexity index is 720. The van der Waals surface area contributed by atoms with Crippen LogP contribution in [0.5, 0.6) is 0 Å². The molecule has 0 radical (unpaired) electrons. The van der Waals surface area contributed by atoms with Gasteiger partial charge < -0.3 is 15.5 Å². The quantitative estimate of drug-likeness (QED) is 0.775. The molecule has 132 valence electrons. The second-order valence-corrected chi connectivity index (χ2v) is 5.91. The molecule has 3 amide bonds. The van der Waals surface area contributed by atoms with Crippen LogP contribution in [0.25, 0.3) is 0 Å². The van der Waals surface area contributed by atoms with Crippen molar-refractivity contribution in [1.82, 2.24) is 15.5 Å². The van der Waals surface area contributed by atoms with E-state index in [1.165, 1.54) is 17.0 Å². The molecule has 0 saturated carbocycles. The number of carbonyl (C=O) groups is 2. The summed E-state index contributed by atoms with van der Waals surface area (Å²) < 4.78 is 12.9. The van der Waals surface area contributed by atoms with Gasteiger partial charge in [0.1, 0.15) is 5.82 Å². The predicted molar refractivity (Wildman–Crippen MR) is 95.1 cm³/mol. The number of rotatable bonds is 6. The maximum Gasteiger partial charge on any atom is 0.317 e. The molecule has 2 N–H and O–H groups in total. The normalized spacial score (nSPS) is 10.2. The van der Waals surface area contributed by atoms with Crippen LogP contribution in [0.15, 0.2) is 48.5 Å². The van der Waals surface area contributed by atoms with Crippen LogP contribution in [0.4, 0.5) is 9.18 Å². The Kier molecular flexibility index (Phi) is 6.77. The Hall–Kier alpha value is -2.60. The van der Waals surface area contributed by atoms with Gasteiger partial charge in [-0.25, -0.2) is 9.18 Å². The van der Waals surface area contributed by atoms with Crippen LogP contribution < -0.4 is 10.6 Å². The molecule has 0 fully saturated rings. The van der Waals surface area contributed by atoms with Crippen molar-refractivity contribution in [3.05, 3.63) is 70.5 Å². The molecule has 25 heavy (non-hydrogen) atoms. The third kappa shape index (κ3) is 6.08. The van der Waals surface area contributed by atoms with E-state index < -0.39 is 0 Å². The number of halogens is 2. The summed E-state index contributed by atoms with van der Waals surface area (Å²) in [4.78, 5) is 25.4. The highest BCUT2D eigenvalue weighted by atomic mass is 35.5. The Morgan fingerprint density at radius 1 is 1.00 bits per heavy atom. The Morgan fingerprint density at radius 2 is 1.60 bits per heavy atom. The minimum atomic E-state index is -0.313. The lowest BCUT2D eigenvalue weighted by molar-refractivity contribution is 0.0953. The summed E-state index contributed by atoms with van der Waals surface area (Å²) >= 11 is 5.77. The average molecular weight is 364 g/mol. The van der Waals surface area contributed by atoms with Crippen LogP contribution >= 0.6 is 11.6 Å². The molecule has 0 atom stereocenters. The molecule has 5 nitrogen and oxygen atoms in total. The predicted octanol–water partition coefficient (Wildman–Crippen LogP) is 3.05. The first-order chi connectivity index (χ1) is 12.0. The lowest BCUT2D eigenvalue weighted by Gasteiger charge is -2.18. The van der Waals surface area contributed by atoms with E-state index in [1.807, 2.05) is 0 Å². The number of nitrogens with one attached hydrogen (secondary N) is 2. The van der Waals surface area contributed by atoms with Crippen LogP contribution in [-0.2, 0) is 6.54 Å². The molecule has 0 bridgehead atoms. The summed E-state index contributed by atoms with van der Waals surface area (Å²) in [5, 5.41) is 5.98. The number of urea groups is 1. The van der Waals surface area contributed by atoms with Crippen LogP contribution in [-0.4, -0.2) is 37.0 Å². The fourth-order valence-corrected chi connectivity index (χ4v) is 2.25. The fourth-order valence-electron chi connectivity index (χ4n) is 2.12. The zero-order chi connectivity index (χ0) is 18.2. The molecule has 7 heteroatoms. The van der Waals surface area contributed by atoms with Crippen molar-refractivity contribution in [3.63, 3.8) is 0 Å². The number of amides is 3. The minimum absolute atomic E-state index is 0.231. The van der Waals surface area contributed by atoms with E-state index in [9.17, 15) is 14.0 Å². The van der Waals surface area contributed by atoms with Gasteiger partial charge in [-0.3, -0.25) is 4.79 Å². The van der Waals surface area contributed by atoms with Gasteiger partial charge in [-0.2, -0.15) is 0 Å². The maximum absolute atomic E-state index is 12.9. The third-order valence-electron chi connectivity index (χ3n) is 3.47. The van der Waals surface area contributed by atoms with Gasteiger partial charge in [0.2, 0.25) is 0 Å². The maximum atomic E-state index is 12.9. The first-order valence-corrected chi connectivity index (χ1v) is 8.10. The molecule has 0 aromatic heterocycles. The first kappa shape index (κ1) is 18.7. The summed E-state index contributed by atoms with van der Waals surface area (Å²) in [5.74, 6) is -0.544. The molecular weight excluding hydrogens is 345 g/mol. The molecule has 0 unspecified atom stereocenters. The summed E-state index contributed by atoms with van der Waals surface area (Å²) in [6.45, 7) is 0.965. The van der Waals surface area contributed by atoms with Gasteiger partial charge in [0.05, 0.1) is 0 Å². The van der Waals surface area contributed by atoms with Crippen LogP contribution in [0.1, 0.15) is 15.9 Å². The van der Waals surface area contributed by atoms with Crippen LogP contribution in [0.2, 0.25) is 5.02 Å². The van der Waals surface area contributed by atoms with E-state index in [-0.39, 0.29) is 17.8 Å². The summed E-state index contributed by atoms with van der Waals surface area (Å²) in [6, 6.07) is 12.2. The molecule has 0 aliphatic rings. The zero-order valence-electron chi connectivity index (χ0n) is 13.8. The van der Waals surface area contributed by atoms with Crippen molar-refractivity contribution in [2.45, 2.75) is 6.54 Å². The van der Waals surface area contributed by atoms with E-state index in [1.54, 1.807) is 43.4 Å². The highest BCUT2D eigenvalue weighted by molar-refractivity contribution is 6.30. The molecule has 0 heterocycles. The van der Waals surface area contributed by atoms with Gasteiger partial charge >= 0.3 is 6.03 Å². The SMILES string of the molecule is CN(Cc1ccc(F)cc1)C(=O)NCCNC(=O)c1ccc(Cl)cc1. The van der Waals surface area contributed by atoms with E-state index in [0.29, 0.717) is 30.2 Å². The molecule has 0 aliphatic carbocycles. The molecule has 0 spiro atoms. The minimum Gasteiger partial charge on any atom is -0.350 e. The monoisotopic (exact) mass is 363 g/mol. The number of hydrogen-bond acceptors (Lipinski definition) is 2. The van der Waals surface area contributed by atoms with E-state index >= 15 is 0 Å². The third-order valence-corrected chi connectivity index (χ3v) is 3.72. The summed E-state index contributed by atoms with van der Waals surface area (Å²) in [6.07, 6.45) is 0. The second kappa shape index (κ2) is 9.03. The highest BCUT2D eigenvalue weighted by Gasteiger charge is 2.09. The van der Waals surface area contributed by atoms with Crippen molar-refractivity contribution >= 4 is 23.5 Å². The molecule has 2 aromatic carbocycles. The van der Waals surface area contributed by atoms with E-state index in [4.69, 9.17) is 11.6 Å². The van der Waals surface area contributed by atoms with Gasteiger partial charge in [0.15, 0.2) is 0 Å². The van der Waals surface area contributed by atoms with Gasteiger partial charge in [-0.15, -0.1) is 0 Å². The van der Waals surface area contributed by atoms with Crippen LogP contribution in [0.3, 0.4) is 0 Å². The smallest absolute Gasteiger partial charge is 0.317 e. The Labute approximate surface area is 150 Å². The fraction of sp³-hybridized carbons (Fsp3) is 0.222. The molecule has 0 aliphatic heterocycles. The molecular formula is C18H19ClFN3O2. The lowest BCUT2D eigenvalue weighted by Crippen LogP contribution is -2.41. The number of carbonyl (C=O) groups excluding carboxylic acids is 2. The Balaban J connectivity index is 1.69. The van der Waals surface area contributed by atoms with Gasteiger partial charge in [-0.1, -0.05) is 23.7 Å². The van der Waals surface area contributed by atoms with Gasteiger partial charge in [0.25, 0.3) is 5.91 Å². The van der Waals surface area contributed by atoms with Crippen LogP contribution in [0, 0.1) is 5.82 Å². The summed E-state index contributed by atoms with van der Waals surface area (Å²) in [7, 11) is 1.64. The Morgan fingerprint density at radius 3 is 2.24 bits per heavy atom. The van der Waals surface area contributed by atoms with Gasteiger partial charge in [0, 0.05) is 37.3 Å². The lowest BCUT2D eigenvalue weighted by atomic mass is 10.2. The van der Waals surface area contributed by atoms with E-state index in [2.05, 4.69) is 10.6 Å². The highest BCUT2D eigenvalue weighted by Crippen LogP contribution is 2.09. The number of benzene rings is 2. The molecule has 0 saturated heterocycles. The van der Waals surface area contributed by atoms with Gasteiger partial charge in [-0.05, 0) is 42.0 Å². The first-order valence-electron chi connectivity index (χ1n) is 7.73. The van der Waals surface area contributed by atoms with Crippen molar-refractivity contribution in [2.75, 3.05) is 20.1 Å². The number of nitrogens with zero attached hydrogens (tertiary/aromatic N) is 1. The molecule has 2 rings (SSSR count). The second-order valence-electron chi connectivity index (χ2n) is 5.48. The van der Waals surface area contributed by atoms with E-state index in [0.717, 1.165) is 5.56 Å². The topological polar surface area (TPSA) is 61.4 Å². The zero-order valence-corrected chi connectivity index (χ0v) is 14.5. The van der Waals surface area contributed by atoms with Crippen molar-refractivity contribution in [2.24, 2.45) is 0 Å². The van der Waals surface area contributed by atoms with Crippen molar-refractivity contribution in [3.8, 4) is 0 Å². The standard InChI is InChI=1S/C18H19ClFN3O2/c1-23(12-13-2-8-16(20)9-3-13)18(25)22-11-10-21-17(24)14-4-6-15(19)7-5-14/h2-9H,10-12H2,1H3,(H,21,24)(H,22,25). The number of hydrogen-bond donors (Lipinski definition) is 2. The largest absolute Gasteiger partial charge is 0.350 e. The molecule has 2 aromatic rings. The van der Waals surface area contributed by atoms with Crippen molar-refractivity contribution < 1.29 is 14.0 Å². The van der Waals surface area contributed by atoms with Crippen molar-refractivity contribution in [1.29, 1.82) is 0 Å². The summed E-state index contributed by atoms with van der Waals surface area (Å²) in [5.41, 5.74) is 1.33. The average Bonchev–Trinajstić information content (AvgIpc) is 2.60.